The number of benzene rings is 1. The van der Waals surface area contributed by atoms with Crippen molar-refractivity contribution >= 4 is 19.6 Å². The van der Waals surface area contributed by atoms with Gasteiger partial charge in [0.2, 0.25) is 5.78 Å². The molecular formula is C16H18O3Si. The number of fused-ring (bicyclic) bond motifs is 1. The lowest BCUT2D eigenvalue weighted by Gasteiger charge is -2.16. The Morgan fingerprint density at radius 1 is 1.05 bits per heavy atom. The van der Waals surface area contributed by atoms with Crippen molar-refractivity contribution < 1.29 is 14.7 Å². The van der Waals surface area contributed by atoms with Crippen molar-refractivity contribution in [1.29, 1.82) is 0 Å². The molecule has 1 aliphatic carbocycles. The fourth-order valence-corrected chi connectivity index (χ4v) is 2.89. The Kier molecular flexibility index (Phi) is 3.77. The summed E-state index contributed by atoms with van der Waals surface area (Å²) < 4.78 is 0. The smallest absolute Gasteiger partial charge is 0.228 e. The number of hydrogen-bond donors (Lipinski definition) is 1. The minimum absolute atomic E-state index is 0.104. The molecule has 1 aliphatic rings. The Balaban J connectivity index is 2.37. The lowest BCUT2D eigenvalue weighted by atomic mass is 9.88. The van der Waals surface area contributed by atoms with Crippen LogP contribution in [0.3, 0.4) is 0 Å². The van der Waals surface area contributed by atoms with Crippen LogP contribution in [0, 0.1) is 0 Å². The molecule has 0 aliphatic heterocycles. The van der Waals surface area contributed by atoms with Crippen molar-refractivity contribution in [2.75, 3.05) is 0 Å². The zero-order chi connectivity index (χ0) is 14.9. The molecule has 4 heteroatoms. The summed E-state index contributed by atoms with van der Waals surface area (Å²) in [7, 11) is -1.26. The van der Waals surface area contributed by atoms with Crippen molar-refractivity contribution in [3.05, 3.63) is 58.9 Å². The first-order valence-electron chi connectivity index (χ1n) is 6.59. The van der Waals surface area contributed by atoms with Crippen LogP contribution >= 0.6 is 0 Å². The van der Waals surface area contributed by atoms with Crippen molar-refractivity contribution in [3.8, 4) is 0 Å². The highest BCUT2D eigenvalue weighted by Gasteiger charge is 2.30. The second-order valence-corrected chi connectivity index (χ2v) is 11.7. The van der Waals surface area contributed by atoms with E-state index in [-0.39, 0.29) is 16.9 Å². The molecule has 2 rings (SSSR count). The lowest BCUT2D eigenvalue weighted by Crippen LogP contribution is -2.21. The Bertz CT molecular complexity index is 633. The summed E-state index contributed by atoms with van der Waals surface area (Å²) >= 11 is 0. The van der Waals surface area contributed by atoms with Crippen molar-refractivity contribution in [2.24, 2.45) is 0 Å². The first kappa shape index (κ1) is 14.5. The van der Waals surface area contributed by atoms with Gasteiger partial charge in [-0.3, -0.25) is 9.59 Å². The number of carbonyl (C=O) groups excluding carboxylic acids is 2. The molecule has 0 fully saturated rings. The number of hydrogen-bond acceptors (Lipinski definition) is 3. The van der Waals surface area contributed by atoms with Gasteiger partial charge in [-0.2, -0.15) is 0 Å². The maximum absolute atomic E-state index is 12.3. The molecule has 0 atom stereocenters. The maximum atomic E-state index is 12.3. The van der Waals surface area contributed by atoms with Gasteiger partial charge in [0, 0.05) is 19.2 Å². The maximum Gasteiger partial charge on any atom is 0.228 e. The van der Waals surface area contributed by atoms with E-state index >= 15 is 0 Å². The highest BCUT2D eigenvalue weighted by molar-refractivity contribution is 6.76. The topological polar surface area (TPSA) is 54.4 Å². The minimum Gasteiger partial charge on any atom is -0.504 e. The van der Waals surface area contributed by atoms with Gasteiger partial charge >= 0.3 is 0 Å². The molecule has 1 N–H and O–H groups in total. The van der Waals surface area contributed by atoms with Gasteiger partial charge in [-0.15, -0.1) is 0 Å². The standard InChI is InChI=1S/C16H18O3Si/c1-20(2,3)10-6-9-13-14(17)11-7-4-5-8-12(11)15(18)16(13)19/h4-9,19H,10H2,1-3H3/b9-6+. The Morgan fingerprint density at radius 2 is 1.60 bits per heavy atom. The van der Waals surface area contributed by atoms with E-state index in [1.54, 1.807) is 30.3 Å². The SMILES string of the molecule is C[Si](C)(C)C/C=C/C1=C(O)C(=O)c2ccccc2C1=O. The van der Waals surface area contributed by atoms with Gasteiger partial charge in [0.25, 0.3) is 0 Å². The van der Waals surface area contributed by atoms with Crippen molar-refractivity contribution in [3.63, 3.8) is 0 Å². The van der Waals surface area contributed by atoms with E-state index in [4.69, 9.17) is 0 Å². The number of rotatable bonds is 3. The predicted molar refractivity (Wildman–Crippen MR) is 82.1 cm³/mol. The van der Waals surface area contributed by atoms with E-state index in [2.05, 4.69) is 19.6 Å². The van der Waals surface area contributed by atoms with Gasteiger partial charge in [0.15, 0.2) is 11.5 Å². The molecule has 0 saturated heterocycles. The fraction of sp³-hybridized carbons (Fsp3) is 0.250. The van der Waals surface area contributed by atoms with E-state index < -0.39 is 19.6 Å². The molecule has 20 heavy (non-hydrogen) atoms. The minimum atomic E-state index is -1.26. The summed E-state index contributed by atoms with van der Waals surface area (Å²) in [5.41, 5.74) is 0.743. The third-order valence-electron chi connectivity index (χ3n) is 3.15. The molecule has 1 aromatic carbocycles. The number of aliphatic hydroxyl groups is 1. The monoisotopic (exact) mass is 286 g/mol. The molecular weight excluding hydrogens is 268 g/mol. The lowest BCUT2D eigenvalue weighted by molar-refractivity contribution is 0.0932. The van der Waals surface area contributed by atoms with E-state index in [9.17, 15) is 14.7 Å². The van der Waals surface area contributed by atoms with E-state index in [1.165, 1.54) is 0 Å². The molecule has 1 aromatic rings. The summed E-state index contributed by atoms with van der Waals surface area (Å²) in [6.45, 7) is 6.65. The number of aliphatic hydroxyl groups excluding tert-OH is 1. The molecule has 0 amide bonds. The van der Waals surface area contributed by atoms with E-state index in [1.807, 2.05) is 6.08 Å². The van der Waals surface area contributed by atoms with Crippen molar-refractivity contribution in [2.45, 2.75) is 25.7 Å². The summed E-state index contributed by atoms with van der Waals surface area (Å²) in [5.74, 6) is -1.21. The second-order valence-electron chi connectivity index (χ2n) is 6.13. The van der Waals surface area contributed by atoms with Crippen LogP contribution in [0.15, 0.2) is 47.7 Å². The zero-order valence-corrected chi connectivity index (χ0v) is 12.9. The van der Waals surface area contributed by atoms with Gasteiger partial charge in [0.05, 0.1) is 5.57 Å². The highest BCUT2D eigenvalue weighted by Crippen LogP contribution is 2.26. The van der Waals surface area contributed by atoms with Crippen LogP contribution in [0.4, 0.5) is 0 Å². The zero-order valence-electron chi connectivity index (χ0n) is 11.9. The van der Waals surface area contributed by atoms with Crippen LogP contribution < -0.4 is 0 Å². The van der Waals surface area contributed by atoms with Crippen LogP contribution in [0.25, 0.3) is 0 Å². The van der Waals surface area contributed by atoms with Crippen LogP contribution in [0.5, 0.6) is 0 Å². The largest absolute Gasteiger partial charge is 0.504 e. The molecule has 0 unspecified atom stereocenters. The van der Waals surface area contributed by atoms with E-state index in [0.717, 1.165) is 6.04 Å². The molecule has 3 nitrogen and oxygen atoms in total. The molecule has 0 aromatic heterocycles. The summed E-state index contributed by atoms with van der Waals surface area (Å²) in [6, 6.07) is 7.48. The third-order valence-corrected chi connectivity index (χ3v) is 4.61. The van der Waals surface area contributed by atoms with Gasteiger partial charge in [-0.05, 0) is 6.04 Å². The Hall–Kier alpha value is -1.94. The Labute approximate surface area is 119 Å². The first-order chi connectivity index (χ1) is 9.31. The number of carbonyl (C=O) groups is 2. The molecule has 104 valence electrons. The van der Waals surface area contributed by atoms with Gasteiger partial charge in [0.1, 0.15) is 0 Å². The van der Waals surface area contributed by atoms with Crippen LogP contribution in [0.2, 0.25) is 25.7 Å². The third kappa shape index (κ3) is 2.80. The first-order valence-corrected chi connectivity index (χ1v) is 10.3. The highest BCUT2D eigenvalue weighted by atomic mass is 28.3. The average Bonchev–Trinajstić information content (AvgIpc) is 2.39. The normalized spacial score (nSPS) is 15.9. The number of ketones is 2. The number of allylic oxidation sites excluding steroid dienone is 4. The summed E-state index contributed by atoms with van der Waals surface area (Å²) in [6.07, 6.45) is 3.47. The molecule has 0 heterocycles. The summed E-state index contributed by atoms with van der Waals surface area (Å²) in [5, 5.41) is 9.95. The molecule has 0 spiro atoms. The number of Topliss-reactive ketones (excluding diaryl/α,β-unsaturated/α-hetero) is 2. The summed E-state index contributed by atoms with van der Waals surface area (Å²) in [4.78, 5) is 24.4. The quantitative estimate of drug-likeness (QED) is 0.860. The van der Waals surface area contributed by atoms with Crippen LogP contribution in [0.1, 0.15) is 20.7 Å². The second kappa shape index (κ2) is 5.21. The van der Waals surface area contributed by atoms with Gasteiger partial charge in [-0.25, -0.2) is 0 Å². The van der Waals surface area contributed by atoms with Crippen molar-refractivity contribution in [1.82, 2.24) is 0 Å². The molecule has 0 bridgehead atoms. The van der Waals surface area contributed by atoms with Gasteiger partial charge < -0.3 is 5.11 Å². The Morgan fingerprint density at radius 3 is 2.15 bits per heavy atom. The van der Waals surface area contributed by atoms with Crippen LogP contribution in [-0.4, -0.2) is 24.7 Å². The molecule has 0 saturated carbocycles. The van der Waals surface area contributed by atoms with Crippen LogP contribution in [-0.2, 0) is 0 Å². The van der Waals surface area contributed by atoms with E-state index in [0.29, 0.717) is 5.56 Å². The predicted octanol–water partition coefficient (Wildman–Crippen LogP) is 3.77. The average molecular weight is 286 g/mol. The molecule has 0 radical (unpaired) electrons. The van der Waals surface area contributed by atoms with Gasteiger partial charge in [-0.1, -0.05) is 56.1 Å². The fourth-order valence-electron chi connectivity index (χ4n) is 2.07.